The van der Waals surface area contributed by atoms with Gasteiger partial charge in [-0.25, -0.2) is 4.98 Å². The highest BCUT2D eigenvalue weighted by atomic mass is 79.9. The molecule has 0 aliphatic heterocycles. The fourth-order valence-corrected chi connectivity index (χ4v) is 2.85. The van der Waals surface area contributed by atoms with Crippen molar-refractivity contribution in [1.29, 1.82) is 0 Å². The molecule has 0 saturated heterocycles. The van der Waals surface area contributed by atoms with Crippen molar-refractivity contribution in [1.82, 2.24) is 4.98 Å². The third-order valence-electron chi connectivity index (χ3n) is 3.18. The molecule has 1 aromatic rings. The van der Waals surface area contributed by atoms with Crippen LogP contribution in [0.15, 0.2) is 9.98 Å². The van der Waals surface area contributed by atoms with Crippen LogP contribution in [0.1, 0.15) is 26.7 Å². The summed E-state index contributed by atoms with van der Waals surface area (Å²) in [4.78, 5) is 4.32. The van der Waals surface area contributed by atoms with Crippen molar-refractivity contribution in [3.05, 3.63) is 9.98 Å². The van der Waals surface area contributed by atoms with E-state index in [9.17, 15) is 0 Å². The highest BCUT2D eigenvalue weighted by molar-refractivity contribution is 9.10. The van der Waals surface area contributed by atoms with Gasteiger partial charge in [0, 0.05) is 11.9 Å². The van der Waals surface area contributed by atoms with Gasteiger partial charge in [0.15, 0.2) is 5.13 Å². The first kappa shape index (κ1) is 10.4. The number of thiazole rings is 1. The van der Waals surface area contributed by atoms with Gasteiger partial charge in [0.25, 0.3) is 0 Å². The van der Waals surface area contributed by atoms with Crippen molar-refractivity contribution in [3.8, 4) is 0 Å². The Balaban J connectivity index is 1.89. The molecule has 78 valence electrons. The molecule has 1 aliphatic carbocycles. The Hall–Kier alpha value is -0.0900. The zero-order valence-corrected chi connectivity index (χ0v) is 10.9. The maximum absolute atomic E-state index is 4.32. The highest BCUT2D eigenvalue weighted by Crippen LogP contribution is 2.51. The minimum atomic E-state index is 0.554. The van der Waals surface area contributed by atoms with Gasteiger partial charge in [0.1, 0.15) is 4.60 Å². The third kappa shape index (κ3) is 2.11. The Labute approximate surface area is 97.3 Å². The molecule has 1 fully saturated rings. The first-order chi connectivity index (χ1) is 6.62. The van der Waals surface area contributed by atoms with Gasteiger partial charge in [-0.3, -0.25) is 0 Å². The van der Waals surface area contributed by atoms with E-state index in [1.165, 1.54) is 12.8 Å². The van der Waals surface area contributed by atoms with Crippen LogP contribution < -0.4 is 5.32 Å². The lowest BCUT2D eigenvalue weighted by Gasteiger charge is -2.19. The Morgan fingerprint density at radius 2 is 2.36 bits per heavy atom. The third-order valence-corrected chi connectivity index (χ3v) is 4.69. The summed E-state index contributed by atoms with van der Waals surface area (Å²) in [5.41, 5.74) is 0.554. The van der Waals surface area contributed by atoms with Crippen LogP contribution in [0.3, 0.4) is 0 Å². The molecule has 0 unspecified atom stereocenters. The Morgan fingerprint density at radius 1 is 1.64 bits per heavy atom. The zero-order valence-electron chi connectivity index (χ0n) is 8.51. The molecule has 2 nitrogen and oxygen atoms in total. The summed E-state index contributed by atoms with van der Waals surface area (Å²) in [5.74, 6) is 0.776. The minimum Gasteiger partial charge on any atom is -0.361 e. The molecule has 1 aliphatic rings. The van der Waals surface area contributed by atoms with Crippen molar-refractivity contribution in [2.75, 3.05) is 11.9 Å². The van der Waals surface area contributed by atoms with E-state index in [1.54, 1.807) is 11.3 Å². The minimum absolute atomic E-state index is 0.554. The van der Waals surface area contributed by atoms with Crippen molar-refractivity contribution in [3.63, 3.8) is 0 Å². The number of nitrogens with one attached hydrogen (secondary N) is 1. The number of hydrogen-bond donors (Lipinski definition) is 1. The number of halogens is 1. The lowest BCUT2D eigenvalue weighted by molar-refractivity contribution is 0.380. The molecular weight excluding hydrogens is 260 g/mol. The SMILES string of the molecule is CC(C)C1(CNc2nc(Br)cs2)CC1. The fraction of sp³-hybridized carbons (Fsp3) is 0.700. The first-order valence-corrected chi connectivity index (χ1v) is 6.64. The lowest BCUT2D eigenvalue weighted by atomic mass is 9.92. The second-order valence-corrected chi connectivity index (χ2v) is 6.02. The molecule has 0 radical (unpaired) electrons. The van der Waals surface area contributed by atoms with Gasteiger partial charge < -0.3 is 5.32 Å². The van der Waals surface area contributed by atoms with Crippen LogP contribution in [-0.2, 0) is 0 Å². The lowest BCUT2D eigenvalue weighted by Crippen LogP contribution is -2.20. The van der Waals surface area contributed by atoms with Gasteiger partial charge in [-0.2, -0.15) is 0 Å². The quantitative estimate of drug-likeness (QED) is 0.905. The summed E-state index contributed by atoms with van der Waals surface area (Å²) in [6.45, 7) is 5.70. The van der Waals surface area contributed by atoms with Gasteiger partial charge >= 0.3 is 0 Å². The molecule has 0 spiro atoms. The largest absolute Gasteiger partial charge is 0.361 e. The van der Waals surface area contributed by atoms with Crippen LogP contribution >= 0.6 is 27.3 Å². The normalized spacial score (nSPS) is 18.6. The maximum Gasteiger partial charge on any atom is 0.183 e. The summed E-state index contributed by atoms with van der Waals surface area (Å²) < 4.78 is 0.930. The Morgan fingerprint density at radius 3 is 2.79 bits per heavy atom. The summed E-state index contributed by atoms with van der Waals surface area (Å²) >= 11 is 5.02. The van der Waals surface area contributed by atoms with Crippen molar-refractivity contribution < 1.29 is 0 Å². The van der Waals surface area contributed by atoms with Gasteiger partial charge in [0.2, 0.25) is 0 Å². The van der Waals surface area contributed by atoms with E-state index in [-0.39, 0.29) is 0 Å². The number of aromatic nitrogens is 1. The predicted molar refractivity (Wildman–Crippen MR) is 64.8 cm³/mol. The molecule has 14 heavy (non-hydrogen) atoms. The highest BCUT2D eigenvalue weighted by Gasteiger charge is 2.44. The van der Waals surface area contributed by atoms with E-state index in [0.29, 0.717) is 5.41 Å². The van der Waals surface area contributed by atoms with Crippen molar-refractivity contribution in [2.45, 2.75) is 26.7 Å². The predicted octanol–water partition coefficient (Wildman–Crippen LogP) is 3.75. The molecule has 0 aromatic carbocycles. The van der Waals surface area contributed by atoms with Gasteiger partial charge in [-0.15, -0.1) is 11.3 Å². The Bertz CT molecular complexity index is 318. The van der Waals surface area contributed by atoms with Gasteiger partial charge in [-0.1, -0.05) is 13.8 Å². The first-order valence-electron chi connectivity index (χ1n) is 4.97. The van der Waals surface area contributed by atoms with Gasteiger partial charge in [0.05, 0.1) is 0 Å². The van der Waals surface area contributed by atoms with Crippen LogP contribution in [0.4, 0.5) is 5.13 Å². The summed E-state index contributed by atoms with van der Waals surface area (Å²) in [5, 5.41) is 6.47. The number of hydrogen-bond acceptors (Lipinski definition) is 3. The molecule has 2 rings (SSSR count). The number of rotatable bonds is 4. The van der Waals surface area contributed by atoms with Crippen LogP contribution in [0.5, 0.6) is 0 Å². The molecule has 1 heterocycles. The second kappa shape index (κ2) is 3.81. The van der Waals surface area contributed by atoms with E-state index in [1.807, 2.05) is 5.38 Å². The van der Waals surface area contributed by atoms with E-state index in [2.05, 4.69) is 40.1 Å². The molecule has 4 heteroatoms. The molecule has 0 bridgehead atoms. The number of anilines is 1. The molecule has 0 atom stereocenters. The van der Waals surface area contributed by atoms with Crippen molar-refractivity contribution in [2.24, 2.45) is 11.3 Å². The maximum atomic E-state index is 4.32. The monoisotopic (exact) mass is 274 g/mol. The average Bonchev–Trinajstić information content (AvgIpc) is 2.82. The smallest absolute Gasteiger partial charge is 0.183 e. The standard InChI is InChI=1S/C10H15BrN2S/c1-7(2)10(3-4-10)6-12-9-13-8(11)5-14-9/h5,7H,3-4,6H2,1-2H3,(H,12,13). The van der Waals surface area contributed by atoms with Crippen LogP contribution in [0, 0.1) is 11.3 Å². The van der Waals surface area contributed by atoms with Crippen LogP contribution in [0.2, 0.25) is 0 Å². The van der Waals surface area contributed by atoms with E-state index >= 15 is 0 Å². The van der Waals surface area contributed by atoms with Crippen LogP contribution in [0.25, 0.3) is 0 Å². The zero-order chi connectivity index (χ0) is 10.2. The molecule has 0 amide bonds. The topological polar surface area (TPSA) is 24.9 Å². The number of nitrogens with zero attached hydrogens (tertiary/aromatic N) is 1. The molecule has 1 saturated carbocycles. The second-order valence-electron chi connectivity index (χ2n) is 4.35. The molecular formula is C10H15BrN2S. The summed E-state index contributed by atoms with van der Waals surface area (Å²) in [6.07, 6.45) is 2.73. The van der Waals surface area contributed by atoms with Crippen molar-refractivity contribution >= 4 is 32.4 Å². The average molecular weight is 275 g/mol. The molecule has 1 aromatic heterocycles. The fourth-order valence-electron chi connectivity index (χ4n) is 1.71. The Kier molecular flexibility index (Phi) is 2.84. The van der Waals surface area contributed by atoms with Crippen LogP contribution in [-0.4, -0.2) is 11.5 Å². The summed E-state index contributed by atoms with van der Waals surface area (Å²) in [6, 6.07) is 0. The molecule has 1 N–H and O–H groups in total. The van der Waals surface area contributed by atoms with E-state index < -0.39 is 0 Å². The van der Waals surface area contributed by atoms with Gasteiger partial charge in [-0.05, 0) is 40.1 Å². The summed E-state index contributed by atoms with van der Waals surface area (Å²) in [7, 11) is 0. The van der Waals surface area contributed by atoms with E-state index in [4.69, 9.17) is 0 Å². The van der Waals surface area contributed by atoms with E-state index in [0.717, 1.165) is 22.2 Å².